The van der Waals surface area contributed by atoms with Crippen LogP contribution in [0.4, 0.5) is 24.7 Å². The molecule has 0 aliphatic carbocycles. The Morgan fingerprint density at radius 2 is 1.75 bits per heavy atom. The largest absolute Gasteiger partial charge is 0.457 e. The van der Waals surface area contributed by atoms with E-state index < -0.39 is 23.7 Å². The van der Waals surface area contributed by atoms with Gasteiger partial charge in [-0.15, -0.1) is 0 Å². The molecule has 1 aromatic heterocycles. The number of hydrogen-bond donors (Lipinski definition) is 3. The molecule has 2 aliphatic rings. The first-order chi connectivity index (χ1) is 19.1. The number of rotatable bonds is 7. The molecular weight excluding hydrogens is 527 g/mol. The maximum atomic E-state index is 13.7. The molecule has 40 heavy (non-hydrogen) atoms. The minimum Gasteiger partial charge on any atom is -0.457 e. The predicted octanol–water partition coefficient (Wildman–Crippen LogP) is 3.11. The highest BCUT2D eigenvalue weighted by molar-refractivity contribution is 5.92. The number of carbonyl (C=O) groups excluding carboxylic acids is 2. The highest BCUT2D eigenvalue weighted by Crippen LogP contribution is 2.40. The van der Waals surface area contributed by atoms with E-state index in [0.717, 1.165) is 6.07 Å². The normalized spacial score (nSPS) is 17.9. The van der Waals surface area contributed by atoms with E-state index in [9.17, 15) is 22.8 Å². The summed E-state index contributed by atoms with van der Waals surface area (Å²) >= 11 is 0. The van der Waals surface area contributed by atoms with Crippen LogP contribution >= 0.6 is 0 Å². The van der Waals surface area contributed by atoms with Gasteiger partial charge in [0.1, 0.15) is 29.1 Å². The van der Waals surface area contributed by atoms with Gasteiger partial charge in [0.2, 0.25) is 5.91 Å². The molecule has 3 heterocycles. The number of nitrogens with two attached hydrogens (primary N) is 1. The number of alkyl halides is 3. The molecule has 210 valence electrons. The van der Waals surface area contributed by atoms with Gasteiger partial charge < -0.3 is 30.9 Å². The van der Waals surface area contributed by atoms with Crippen LogP contribution in [-0.4, -0.2) is 72.5 Å². The minimum atomic E-state index is -4.49. The summed E-state index contributed by atoms with van der Waals surface area (Å²) in [7, 11) is 1.94. The fourth-order valence-electron chi connectivity index (χ4n) is 4.62. The molecule has 1 atom stereocenters. The van der Waals surface area contributed by atoms with Gasteiger partial charge in [0.15, 0.2) is 5.82 Å². The lowest BCUT2D eigenvalue weighted by Crippen LogP contribution is -2.45. The van der Waals surface area contributed by atoms with Crippen molar-refractivity contribution in [2.24, 2.45) is 5.73 Å². The van der Waals surface area contributed by atoms with Gasteiger partial charge >= 0.3 is 6.18 Å². The molecule has 2 fully saturated rings. The van der Waals surface area contributed by atoms with Crippen molar-refractivity contribution in [1.29, 1.82) is 0 Å². The van der Waals surface area contributed by atoms with Gasteiger partial charge in [-0.25, -0.2) is 9.97 Å². The standard InChI is InChI=1S/C27H28F3N7O3/c1-36-10-12-37(13-11-36)22-14-18(6-7-19(22)27(28,29)30)40-17-4-2-16(3-5-17)25-34-21(24(31)38)15-23(35-25)33-20-8-9-32-26(20)39/h2-7,14-15,20H,8-13H2,1H3,(H2,31,38)(H,32,39)(H,33,34,35). The van der Waals surface area contributed by atoms with Crippen LogP contribution < -0.4 is 26.0 Å². The van der Waals surface area contributed by atoms with Gasteiger partial charge in [-0.05, 0) is 49.9 Å². The molecule has 2 aliphatic heterocycles. The number of likely N-dealkylation sites (N-methyl/N-ethyl adjacent to an activating group) is 1. The minimum absolute atomic E-state index is 0.0209. The zero-order valence-corrected chi connectivity index (χ0v) is 21.7. The Morgan fingerprint density at radius 3 is 2.38 bits per heavy atom. The van der Waals surface area contributed by atoms with Crippen molar-refractivity contribution in [3.63, 3.8) is 0 Å². The van der Waals surface area contributed by atoms with Crippen LogP contribution in [0.25, 0.3) is 11.4 Å². The van der Waals surface area contributed by atoms with Gasteiger partial charge in [0.05, 0.1) is 11.3 Å². The van der Waals surface area contributed by atoms with E-state index in [4.69, 9.17) is 10.5 Å². The number of benzene rings is 2. The summed E-state index contributed by atoms with van der Waals surface area (Å²) in [6.45, 7) is 2.81. The Kier molecular flexibility index (Phi) is 7.48. The Morgan fingerprint density at radius 1 is 1.05 bits per heavy atom. The summed E-state index contributed by atoms with van der Waals surface area (Å²) in [5, 5.41) is 5.73. The second-order valence-corrected chi connectivity index (χ2v) is 9.70. The van der Waals surface area contributed by atoms with Crippen molar-refractivity contribution in [2.75, 3.05) is 50.0 Å². The van der Waals surface area contributed by atoms with Crippen molar-refractivity contribution in [1.82, 2.24) is 20.2 Å². The Labute approximate surface area is 228 Å². The third-order valence-electron chi connectivity index (χ3n) is 6.82. The maximum absolute atomic E-state index is 13.7. The number of amides is 2. The molecule has 13 heteroatoms. The highest BCUT2D eigenvalue weighted by atomic mass is 19.4. The summed E-state index contributed by atoms with van der Waals surface area (Å²) < 4.78 is 47.1. The highest BCUT2D eigenvalue weighted by Gasteiger charge is 2.35. The van der Waals surface area contributed by atoms with Crippen molar-refractivity contribution in [2.45, 2.75) is 18.6 Å². The monoisotopic (exact) mass is 555 g/mol. The topological polar surface area (TPSA) is 126 Å². The number of primary amides is 1. The van der Waals surface area contributed by atoms with Crippen LogP contribution in [-0.2, 0) is 11.0 Å². The number of ether oxygens (including phenoxy) is 1. The molecule has 0 saturated carbocycles. The summed E-state index contributed by atoms with van der Waals surface area (Å²) in [5.41, 5.74) is 5.36. The molecule has 2 aromatic carbocycles. The second-order valence-electron chi connectivity index (χ2n) is 9.70. The van der Waals surface area contributed by atoms with Gasteiger partial charge in [-0.2, -0.15) is 13.2 Å². The number of anilines is 2. The van der Waals surface area contributed by atoms with E-state index in [-0.39, 0.29) is 34.7 Å². The molecule has 10 nitrogen and oxygen atoms in total. The smallest absolute Gasteiger partial charge is 0.418 e. The Balaban J connectivity index is 1.37. The van der Waals surface area contributed by atoms with E-state index in [0.29, 0.717) is 50.5 Å². The quantitative estimate of drug-likeness (QED) is 0.406. The van der Waals surface area contributed by atoms with Gasteiger partial charge in [0, 0.05) is 50.4 Å². The third-order valence-corrected chi connectivity index (χ3v) is 6.82. The molecule has 0 radical (unpaired) electrons. The summed E-state index contributed by atoms with van der Waals surface area (Å²) in [6, 6.07) is 11.2. The fraction of sp³-hybridized carbons (Fsp3) is 0.333. The number of halogens is 3. The average Bonchev–Trinajstić information content (AvgIpc) is 3.32. The number of aromatic nitrogens is 2. The first-order valence-electron chi connectivity index (χ1n) is 12.7. The van der Waals surface area contributed by atoms with Crippen LogP contribution in [0.1, 0.15) is 22.5 Å². The molecule has 2 amide bonds. The van der Waals surface area contributed by atoms with Gasteiger partial charge in [0.25, 0.3) is 5.91 Å². The van der Waals surface area contributed by atoms with Crippen molar-refractivity contribution in [3.05, 3.63) is 59.8 Å². The SMILES string of the molecule is CN1CCN(c2cc(Oc3ccc(-c4nc(NC5CCNC5=O)cc(C(N)=O)n4)cc3)ccc2C(F)(F)F)CC1. The number of piperazine rings is 1. The van der Waals surface area contributed by atoms with Crippen LogP contribution in [0, 0.1) is 0 Å². The number of nitrogens with zero attached hydrogens (tertiary/aromatic N) is 4. The van der Waals surface area contributed by atoms with E-state index in [1.54, 1.807) is 29.2 Å². The summed E-state index contributed by atoms with van der Waals surface area (Å²) in [5.74, 6) is 0.225. The van der Waals surface area contributed by atoms with E-state index in [1.807, 2.05) is 7.05 Å². The number of carbonyl (C=O) groups is 2. The summed E-state index contributed by atoms with van der Waals surface area (Å²) in [6.07, 6.45) is -3.93. The second kappa shape index (κ2) is 11.0. The third kappa shape index (κ3) is 6.09. The van der Waals surface area contributed by atoms with Gasteiger partial charge in [-0.1, -0.05) is 0 Å². The molecule has 0 spiro atoms. The Hall–Kier alpha value is -4.39. The van der Waals surface area contributed by atoms with Crippen LogP contribution in [0.5, 0.6) is 11.5 Å². The van der Waals surface area contributed by atoms with Crippen molar-refractivity contribution < 1.29 is 27.5 Å². The van der Waals surface area contributed by atoms with E-state index in [1.165, 1.54) is 18.2 Å². The molecule has 4 N–H and O–H groups in total. The lowest BCUT2D eigenvalue weighted by Gasteiger charge is -2.35. The predicted molar refractivity (Wildman–Crippen MR) is 142 cm³/mol. The first kappa shape index (κ1) is 27.2. The fourth-order valence-corrected chi connectivity index (χ4v) is 4.62. The maximum Gasteiger partial charge on any atom is 0.418 e. The number of nitrogens with one attached hydrogen (secondary N) is 2. The molecule has 2 saturated heterocycles. The molecule has 0 bridgehead atoms. The zero-order valence-electron chi connectivity index (χ0n) is 21.7. The average molecular weight is 556 g/mol. The lowest BCUT2D eigenvalue weighted by atomic mass is 10.1. The van der Waals surface area contributed by atoms with E-state index in [2.05, 4.69) is 25.5 Å². The molecule has 3 aromatic rings. The Bertz CT molecular complexity index is 1410. The summed E-state index contributed by atoms with van der Waals surface area (Å²) in [4.78, 5) is 36.3. The molecule has 1 unspecified atom stereocenters. The first-order valence-corrected chi connectivity index (χ1v) is 12.7. The molecule has 5 rings (SSSR count). The van der Waals surface area contributed by atoms with Crippen molar-refractivity contribution >= 4 is 23.3 Å². The molecular formula is C27H28F3N7O3. The van der Waals surface area contributed by atoms with Crippen LogP contribution in [0.2, 0.25) is 0 Å². The van der Waals surface area contributed by atoms with Gasteiger partial charge in [-0.3, -0.25) is 9.59 Å². The van der Waals surface area contributed by atoms with Crippen molar-refractivity contribution in [3.8, 4) is 22.9 Å². The zero-order chi connectivity index (χ0) is 28.4. The number of hydrogen-bond acceptors (Lipinski definition) is 8. The lowest BCUT2D eigenvalue weighted by molar-refractivity contribution is -0.137. The van der Waals surface area contributed by atoms with Crippen LogP contribution in [0.3, 0.4) is 0 Å². The van der Waals surface area contributed by atoms with E-state index >= 15 is 0 Å². The van der Waals surface area contributed by atoms with Crippen LogP contribution in [0.15, 0.2) is 48.5 Å².